The average molecular weight is 215 g/mol. The molecule has 1 aromatic carbocycles. The summed E-state index contributed by atoms with van der Waals surface area (Å²) in [5, 5.41) is 0. The van der Waals surface area contributed by atoms with Crippen LogP contribution >= 0.6 is 11.6 Å². The summed E-state index contributed by atoms with van der Waals surface area (Å²) in [6, 6.07) is 6.99. The van der Waals surface area contributed by atoms with Crippen LogP contribution in [0.25, 0.3) is 0 Å². The zero-order valence-corrected chi connectivity index (χ0v) is 8.58. The highest BCUT2D eigenvalue weighted by molar-refractivity contribution is 6.17. The lowest BCUT2D eigenvalue weighted by molar-refractivity contribution is 0.104. The molecule has 4 heteroatoms. The molecule has 0 spiro atoms. The monoisotopic (exact) mass is 214 g/mol. The van der Waals surface area contributed by atoms with Crippen molar-refractivity contribution in [2.24, 2.45) is 0 Å². The smallest absolute Gasteiger partial charge is 0.434 e. The number of halogens is 1. The first-order valence-electron chi connectivity index (χ1n) is 4.25. The fraction of sp³-hybridized carbons (Fsp3) is 0.300. The van der Waals surface area contributed by atoms with Crippen molar-refractivity contribution < 1.29 is 14.3 Å². The molecule has 3 nitrogen and oxygen atoms in total. The summed E-state index contributed by atoms with van der Waals surface area (Å²) in [6.45, 7) is 2.02. The van der Waals surface area contributed by atoms with Crippen molar-refractivity contribution >= 4 is 17.8 Å². The first-order valence-corrected chi connectivity index (χ1v) is 4.79. The second kappa shape index (κ2) is 5.50. The normalized spacial score (nSPS) is 9.57. The standard InChI is InChI=1S/C10H11ClO3/c1-2-13-10(12)14-9-5-3-4-8(6-9)7-11/h3-6H,2,7H2,1H3. The molecule has 0 N–H and O–H groups in total. The van der Waals surface area contributed by atoms with Crippen LogP contribution in [-0.2, 0) is 10.6 Å². The van der Waals surface area contributed by atoms with Crippen molar-refractivity contribution in [3.63, 3.8) is 0 Å². The molecule has 0 aliphatic rings. The first-order chi connectivity index (χ1) is 6.76. The summed E-state index contributed by atoms with van der Waals surface area (Å²) >= 11 is 5.62. The molecule has 0 saturated carbocycles. The van der Waals surface area contributed by atoms with Gasteiger partial charge in [-0.2, -0.15) is 0 Å². The van der Waals surface area contributed by atoms with Gasteiger partial charge in [-0.05, 0) is 24.6 Å². The lowest BCUT2D eigenvalue weighted by Crippen LogP contribution is -2.09. The van der Waals surface area contributed by atoms with Crippen LogP contribution in [0.5, 0.6) is 5.75 Å². The number of rotatable bonds is 3. The van der Waals surface area contributed by atoms with Crippen LogP contribution in [0.4, 0.5) is 4.79 Å². The Morgan fingerprint density at radius 3 is 2.93 bits per heavy atom. The predicted octanol–water partition coefficient (Wildman–Crippen LogP) is 2.96. The molecule has 1 rings (SSSR count). The third-order valence-corrected chi connectivity index (χ3v) is 1.82. The third kappa shape index (κ3) is 3.26. The molecule has 0 atom stereocenters. The van der Waals surface area contributed by atoms with Crippen LogP contribution in [0, 0.1) is 0 Å². The van der Waals surface area contributed by atoms with E-state index >= 15 is 0 Å². The van der Waals surface area contributed by atoms with Gasteiger partial charge in [0.15, 0.2) is 0 Å². The summed E-state index contributed by atoms with van der Waals surface area (Å²) < 4.78 is 9.50. The molecule has 14 heavy (non-hydrogen) atoms. The summed E-state index contributed by atoms with van der Waals surface area (Å²) in [5.41, 5.74) is 0.897. The molecule has 0 amide bonds. The van der Waals surface area contributed by atoms with Gasteiger partial charge in [0.05, 0.1) is 6.61 Å². The molecule has 1 aromatic rings. The number of carbonyl (C=O) groups is 1. The van der Waals surface area contributed by atoms with Crippen LogP contribution in [0.2, 0.25) is 0 Å². The third-order valence-electron chi connectivity index (χ3n) is 1.52. The van der Waals surface area contributed by atoms with Crippen LogP contribution in [-0.4, -0.2) is 12.8 Å². The quantitative estimate of drug-likeness (QED) is 0.441. The van der Waals surface area contributed by atoms with Gasteiger partial charge in [-0.3, -0.25) is 0 Å². The molecule has 0 unspecified atom stereocenters. The lowest BCUT2D eigenvalue weighted by Gasteiger charge is -2.04. The van der Waals surface area contributed by atoms with Gasteiger partial charge in [0.2, 0.25) is 0 Å². The number of ether oxygens (including phenoxy) is 2. The van der Waals surface area contributed by atoms with Crippen LogP contribution < -0.4 is 4.74 Å². The highest BCUT2D eigenvalue weighted by atomic mass is 35.5. The van der Waals surface area contributed by atoms with Gasteiger partial charge in [-0.15, -0.1) is 11.6 Å². The first kappa shape index (κ1) is 10.9. The van der Waals surface area contributed by atoms with E-state index in [1.807, 2.05) is 6.07 Å². The molecule has 0 bridgehead atoms. The Balaban J connectivity index is 2.62. The van der Waals surface area contributed by atoms with Crippen molar-refractivity contribution in [3.8, 4) is 5.75 Å². The Morgan fingerprint density at radius 1 is 1.50 bits per heavy atom. The fourth-order valence-corrected chi connectivity index (χ4v) is 1.10. The SMILES string of the molecule is CCOC(=O)Oc1cccc(CCl)c1. The summed E-state index contributed by atoms with van der Waals surface area (Å²) in [4.78, 5) is 10.9. The van der Waals surface area contributed by atoms with E-state index < -0.39 is 6.16 Å². The van der Waals surface area contributed by atoms with Crippen LogP contribution in [0.3, 0.4) is 0 Å². The Hall–Kier alpha value is -1.22. The zero-order chi connectivity index (χ0) is 10.4. The number of carbonyl (C=O) groups excluding carboxylic acids is 1. The molecule has 0 aliphatic heterocycles. The van der Waals surface area contributed by atoms with Gasteiger partial charge in [0.25, 0.3) is 0 Å². The van der Waals surface area contributed by atoms with E-state index in [4.69, 9.17) is 16.3 Å². The highest BCUT2D eigenvalue weighted by Gasteiger charge is 2.04. The van der Waals surface area contributed by atoms with E-state index in [1.165, 1.54) is 0 Å². The molecule has 0 heterocycles. The number of hydrogen-bond acceptors (Lipinski definition) is 3. The van der Waals surface area contributed by atoms with Gasteiger partial charge in [0, 0.05) is 5.88 Å². The maximum Gasteiger partial charge on any atom is 0.513 e. The second-order valence-corrected chi connectivity index (χ2v) is 2.83. The summed E-state index contributed by atoms with van der Waals surface area (Å²) in [6.07, 6.45) is -0.695. The Bertz CT molecular complexity index is 312. The van der Waals surface area contributed by atoms with Crippen molar-refractivity contribution in [2.45, 2.75) is 12.8 Å². The molecule has 76 valence electrons. The maximum absolute atomic E-state index is 10.9. The number of benzene rings is 1. The van der Waals surface area contributed by atoms with E-state index in [-0.39, 0.29) is 0 Å². The van der Waals surface area contributed by atoms with Crippen LogP contribution in [0.1, 0.15) is 12.5 Å². The van der Waals surface area contributed by atoms with E-state index in [2.05, 4.69) is 4.74 Å². The molecule has 0 saturated heterocycles. The highest BCUT2D eigenvalue weighted by Crippen LogP contribution is 2.15. The molecular weight excluding hydrogens is 204 g/mol. The summed E-state index contributed by atoms with van der Waals surface area (Å²) in [7, 11) is 0. The topological polar surface area (TPSA) is 35.5 Å². The minimum atomic E-state index is -0.695. The molecule has 0 aromatic heterocycles. The number of hydrogen-bond donors (Lipinski definition) is 0. The van der Waals surface area contributed by atoms with Crippen molar-refractivity contribution in [3.05, 3.63) is 29.8 Å². The van der Waals surface area contributed by atoms with E-state index in [0.717, 1.165) is 5.56 Å². The van der Waals surface area contributed by atoms with Gasteiger partial charge in [0.1, 0.15) is 5.75 Å². The zero-order valence-electron chi connectivity index (χ0n) is 7.83. The minimum Gasteiger partial charge on any atom is -0.434 e. The maximum atomic E-state index is 10.9. The minimum absolute atomic E-state index is 0.300. The van der Waals surface area contributed by atoms with E-state index in [9.17, 15) is 4.79 Å². The predicted molar refractivity (Wildman–Crippen MR) is 53.6 cm³/mol. The van der Waals surface area contributed by atoms with Crippen molar-refractivity contribution in [1.82, 2.24) is 0 Å². The number of alkyl halides is 1. The fourth-order valence-electron chi connectivity index (χ4n) is 0.936. The Labute approximate surface area is 87.6 Å². The summed E-state index contributed by atoms with van der Waals surface area (Å²) in [5.74, 6) is 0.835. The van der Waals surface area contributed by atoms with Gasteiger partial charge in [-0.1, -0.05) is 12.1 Å². The van der Waals surface area contributed by atoms with E-state index in [1.54, 1.807) is 25.1 Å². The second-order valence-electron chi connectivity index (χ2n) is 2.57. The van der Waals surface area contributed by atoms with Crippen molar-refractivity contribution in [2.75, 3.05) is 6.61 Å². The average Bonchev–Trinajstić information content (AvgIpc) is 2.18. The molecule has 0 radical (unpaired) electrons. The van der Waals surface area contributed by atoms with Gasteiger partial charge < -0.3 is 9.47 Å². The molecular formula is C10H11ClO3. The van der Waals surface area contributed by atoms with E-state index in [0.29, 0.717) is 18.2 Å². The Kier molecular flexibility index (Phi) is 4.26. The molecule has 0 aliphatic carbocycles. The Morgan fingerprint density at radius 2 is 2.29 bits per heavy atom. The lowest BCUT2D eigenvalue weighted by atomic mass is 10.2. The van der Waals surface area contributed by atoms with Crippen LogP contribution in [0.15, 0.2) is 24.3 Å². The van der Waals surface area contributed by atoms with Gasteiger partial charge >= 0.3 is 6.16 Å². The molecule has 0 fully saturated rings. The van der Waals surface area contributed by atoms with Crippen molar-refractivity contribution in [1.29, 1.82) is 0 Å². The largest absolute Gasteiger partial charge is 0.513 e. The van der Waals surface area contributed by atoms with Gasteiger partial charge in [-0.25, -0.2) is 4.79 Å².